The summed E-state index contributed by atoms with van der Waals surface area (Å²) in [5.74, 6) is 2.04. The van der Waals surface area contributed by atoms with Crippen LogP contribution in [0.25, 0.3) is 0 Å². The van der Waals surface area contributed by atoms with Gasteiger partial charge in [0.1, 0.15) is 5.78 Å². The molecule has 0 amide bonds. The minimum atomic E-state index is 0.248. The maximum Gasteiger partial charge on any atom is 0.133 e. The van der Waals surface area contributed by atoms with Crippen LogP contribution in [0.5, 0.6) is 0 Å². The van der Waals surface area contributed by atoms with E-state index in [0.29, 0.717) is 17.6 Å². The third-order valence-corrected chi connectivity index (χ3v) is 4.42. The summed E-state index contributed by atoms with van der Waals surface area (Å²) in [6.07, 6.45) is 5.36. The van der Waals surface area contributed by atoms with E-state index in [0.717, 1.165) is 12.3 Å². The molecule has 0 heterocycles. The fourth-order valence-corrected chi connectivity index (χ4v) is 2.84. The van der Waals surface area contributed by atoms with Gasteiger partial charge in [-0.3, -0.25) is 4.79 Å². The lowest BCUT2D eigenvalue weighted by Crippen LogP contribution is -2.41. The smallest absolute Gasteiger partial charge is 0.133 e. The van der Waals surface area contributed by atoms with Crippen LogP contribution in [0.4, 0.5) is 0 Å². The van der Waals surface area contributed by atoms with Gasteiger partial charge in [-0.25, -0.2) is 0 Å². The zero-order valence-corrected chi connectivity index (χ0v) is 12.5. The Labute approximate surface area is 108 Å². The molecule has 3 unspecified atom stereocenters. The summed E-state index contributed by atoms with van der Waals surface area (Å²) in [7, 11) is 0. The van der Waals surface area contributed by atoms with E-state index in [9.17, 15) is 4.79 Å². The molecule has 1 saturated carbocycles. The van der Waals surface area contributed by atoms with Gasteiger partial charge in [-0.2, -0.15) is 0 Å². The van der Waals surface area contributed by atoms with Crippen LogP contribution in [0.1, 0.15) is 60.8 Å². The number of rotatable bonds is 2. The Hall–Kier alpha value is -0.590. The van der Waals surface area contributed by atoms with Crippen molar-refractivity contribution in [3.63, 3.8) is 0 Å². The van der Waals surface area contributed by atoms with E-state index in [2.05, 4.69) is 34.3 Å². The van der Waals surface area contributed by atoms with Crippen LogP contribution in [0, 0.1) is 23.2 Å². The average molecular weight is 238 g/mol. The van der Waals surface area contributed by atoms with Crippen molar-refractivity contribution in [2.24, 2.45) is 23.2 Å². The van der Waals surface area contributed by atoms with Crippen LogP contribution in [-0.4, -0.2) is 5.78 Å². The van der Waals surface area contributed by atoms with Crippen molar-refractivity contribution in [3.8, 4) is 0 Å². The Morgan fingerprint density at radius 2 is 1.94 bits per heavy atom. The van der Waals surface area contributed by atoms with E-state index in [1.165, 1.54) is 12.8 Å². The first-order valence-corrected chi connectivity index (χ1v) is 6.87. The number of carbonyl (C=O) groups excluding carboxylic acids is 1. The molecule has 0 aromatic carbocycles. The van der Waals surface area contributed by atoms with E-state index in [4.69, 9.17) is 0 Å². The monoisotopic (exact) mass is 238 g/mol. The molecule has 0 spiro atoms. The van der Waals surface area contributed by atoms with E-state index < -0.39 is 0 Å². The maximum absolute atomic E-state index is 11.7. The first-order valence-electron chi connectivity index (χ1n) is 6.87. The summed E-state index contributed by atoms with van der Waals surface area (Å²) in [4.78, 5) is 11.7. The van der Waals surface area contributed by atoms with Crippen molar-refractivity contribution in [3.05, 3.63) is 12.7 Å². The largest absolute Gasteiger partial charge is 0.300 e. The molecule has 0 radical (unpaired) electrons. The van der Waals surface area contributed by atoms with Crippen LogP contribution >= 0.6 is 0 Å². The molecule has 1 nitrogen and oxygen atoms in total. The molecular formula is C16H30O. The number of ketones is 1. The Morgan fingerprint density at radius 3 is 2.29 bits per heavy atom. The molecule has 0 aromatic rings. The molecule has 1 rings (SSSR count). The van der Waals surface area contributed by atoms with Crippen LogP contribution < -0.4 is 0 Å². The molecule has 1 aliphatic rings. The number of carbonyl (C=O) groups is 1. The Kier molecular flexibility index (Phi) is 6.74. The van der Waals surface area contributed by atoms with Gasteiger partial charge >= 0.3 is 0 Å². The normalized spacial score (nSPS) is 32.6. The first-order chi connectivity index (χ1) is 7.79. The number of allylic oxidation sites excluding steroid dienone is 1. The zero-order valence-electron chi connectivity index (χ0n) is 12.5. The fraction of sp³-hybridized carbons (Fsp3) is 0.812. The quantitative estimate of drug-likeness (QED) is 0.627. The molecule has 0 aromatic heterocycles. The third kappa shape index (κ3) is 4.29. The minimum Gasteiger partial charge on any atom is -0.300 e. The van der Waals surface area contributed by atoms with Crippen molar-refractivity contribution < 1.29 is 4.79 Å². The first kappa shape index (κ1) is 16.4. The number of hydrogen-bond acceptors (Lipinski definition) is 1. The van der Waals surface area contributed by atoms with Crippen molar-refractivity contribution in [1.29, 1.82) is 0 Å². The Bertz CT molecular complexity index is 254. The van der Waals surface area contributed by atoms with E-state index in [-0.39, 0.29) is 5.41 Å². The summed E-state index contributed by atoms with van der Waals surface area (Å²) < 4.78 is 0. The second-order valence-electron chi connectivity index (χ2n) is 6.11. The van der Waals surface area contributed by atoms with E-state index in [1.54, 1.807) is 13.0 Å². The molecule has 17 heavy (non-hydrogen) atoms. The van der Waals surface area contributed by atoms with Gasteiger partial charge in [0.2, 0.25) is 0 Å². The molecular weight excluding hydrogens is 208 g/mol. The fourth-order valence-electron chi connectivity index (χ4n) is 2.84. The predicted molar refractivity (Wildman–Crippen MR) is 76.0 cm³/mol. The lowest BCUT2D eigenvalue weighted by Gasteiger charge is -2.45. The summed E-state index contributed by atoms with van der Waals surface area (Å²) in [5.41, 5.74) is 0.248. The second kappa shape index (κ2) is 6.98. The Morgan fingerprint density at radius 1 is 1.47 bits per heavy atom. The van der Waals surface area contributed by atoms with Gasteiger partial charge in [-0.1, -0.05) is 40.2 Å². The molecule has 100 valence electrons. The van der Waals surface area contributed by atoms with Crippen LogP contribution in [0.15, 0.2) is 12.7 Å². The van der Waals surface area contributed by atoms with Gasteiger partial charge in [0.05, 0.1) is 0 Å². The molecule has 1 aliphatic carbocycles. The highest BCUT2D eigenvalue weighted by atomic mass is 16.1. The molecule has 0 bridgehead atoms. The molecule has 0 saturated heterocycles. The zero-order chi connectivity index (χ0) is 13.6. The predicted octanol–water partition coefficient (Wildman–Crippen LogP) is 4.87. The van der Waals surface area contributed by atoms with Crippen LogP contribution in [0.2, 0.25) is 0 Å². The molecule has 1 heteroatoms. The topological polar surface area (TPSA) is 17.1 Å². The van der Waals surface area contributed by atoms with E-state index in [1.807, 2.05) is 6.92 Å². The highest BCUT2D eigenvalue weighted by molar-refractivity contribution is 5.79. The van der Waals surface area contributed by atoms with Gasteiger partial charge < -0.3 is 0 Å². The van der Waals surface area contributed by atoms with Gasteiger partial charge in [-0.15, -0.1) is 6.58 Å². The van der Waals surface area contributed by atoms with Gasteiger partial charge in [-0.05, 0) is 43.9 Å². The summed E-state index contributed by atoms with van der Waals surface area (Å²) in [5, 5.41) is 0. The van der Waals surface area contributed by atoms with Crippen molar-refractivity contribution >= 4 is 5.78 Å². The highest BCUT2D eigenvalue weighted by Gasteiger charge is 2.43. The third-order valence-electron chi connectivity index (χ3n) is 4.42. The average Bonchev–Trinajstić information content (AvgIpc) is 2.22. The van der Waals surface area contributed by atoms with Gasteiger partial charge in [0.15, 0.2) is 0 Å². The number of hydrogen-bond donors (Lipinski definition) is 0. The highest BCUT2D eigenvalue weighted by Crippen LogP contribution is 2.48. The summed E-state index contributed by atoms with van der Waals surface area (Å²) >= 11 is 0. The van der Waals surface area contributed by atoms with Crippen LogP contribution in [0.3, 0.4) is 0 Å². The van der Waals surface area contributed by atoms with E-state index >= 15 is 0 Å². The van der Waals surface area contributed by atoms with Gasteiger partial charge in [0, 0.05) is 5.92 Å². The van der Waals surface area contributed by atoms with Crippen molar-refractivity contribution in [2.45, 2.75) is 60.8 Å². The SMILES string of the molecule is C=CC.CC(=O)C1CC(C)CCC1(C)C(C)C. The standard InChI is InChI=1S/C13H24O.C3H6/c1-9(2)13(5)7-6-10(3)8-12(13)11(4)14;1-3-2/h9-10,12H,6-8H2,1-5H3;3H,1H2,2H3. The summed E-state index contributed by atoms with van der Waals surface area (Å²) in [6, 6.07) is 0. The second-order valence-corrected chi connectivity index (χ2v) is 6.11. The maximum atomic E-state index is 11.7. The van der Waals surface area contributed by atoms with Crippen LogP contribution in [-0.2, 0) is 4.79 Å². The molecule has 0 N–H and O–H groups in total. The molecule has 3 atom stereocenters. The Balaban J connectivity index is 0.000000770. The lowest BCUT2D eigenvalue weighted by atomic mass is 9.58. The lowest BCUT2D eigenvalue weighted by molar-refractivity contribution is -0.129. The molecule has 1 fully saturated rings. The van der Waals surface area contributed by atoms with Crippen molar-refractivity contribution in [2.75, 3.05) is 0 Å². The van der Waals surface area contributed by atoms with Crippen molar-refractivity contribution in [1.82, 2.24) is 0 Å². The number of Topliss-reactive ketones (excluding diaryl/α,β-unsaturated/α-hetero) is 1. The minimum absolute atomic E-state index is 0.248. The van der Waals surface area contributed by atoms with Gasteiger partial charge in [0.25, 0.3) is 0 Å². The molecule has 0 aliphatic heterocycles. The summed E-state index contributed by atoms with van der Waals surface area (Å²) in [6.45, 7) is 16.1.